The van der Waals surface area contributed by atoms with Crippen LogP contribution < -0.4 is 4.74 Å². The van der Waals surface area contributed by atoms with Crippen LogP contribution in [-0.2, 0) is 5.54 Å². The summed E-state index contributed by atoms with van der Waals surface area (Å²) in [4.78, 5) is 0. The van der Waals surface area contributed by atoms with Crippen molar-refractivity contribution in [1.82, 2.24) is 9.78 Å². The van der Waals surface area contributed by atoms with Gasteiger partial charge in [-0.3, -0.25) is 0 Å². The molecule has 24 heavy (non-hydrogen) atoms. The van der Waals surface area contributed by atoms with Crippen molar-refractivity contribution in [2.24, 2.45) is 0 Å². The molecule has 0 saturated heterocycles. The van der Waals surface area contributed by atoms with Gasteiger partial charge < -0.3 is 4.74 Å². The van der Waals surface area contributed by atoms with E-state index in [-0.39, 0.29) is 17.0 Å². The van der Waals surface area contributed by atoms with Crippen LogP contribution in [0.5, 0.6) is 5.88 Å². The van der Waals surface area contributed by atoms with Gasteiger partial charge in [-0.25, -0.2) is 13.5 Å². The van der Waals surface area contributed by atoms with Gasteiger partial charge in [-0.05, 0) is 42.4 Å². The molecule has 0 saturated carbocycles. The first kappa shape index (κ1) is 21.6. The van der Waals surface area contributed by atoms with Crippen LogP contribution in [0.1, 0.15) is 90.5 Å². The zero-order valence-electron chi connectivity index (χ0n) is 15.4. The molecule has 1 aromatic heterocycles. The van der Waals surface area contributed by atoms with Gasteiger partial charge in [0, 0.05) is 0 Å². The third-order valence-corrected chi connectivity index (χ3v) is 5.68. The van der Waals surface area contributed by atoms with Crippen molar-refractivity contribution in [1.29, 1.82) is 0 Å². The van der Waals surface area contributed by atoms with Crippen molar-refractivity contribution in [3.63, 3.8) is 0 Å². The van der Waals surface area contributed by atoms with Crippen LogP contribution in [0.3, 0.4) is 0 Å². The molecule has 1 rings (SSSR count). The largest absolute Gasteiger partial charge is 0.480 e. The summed E-state index contributed by atoms with van der Waals surface area (Å²) < 4.78 is 34.2. The predicted molar refractivity (Wildman–Crippen MR) is 103 cm³/mol. The number of unbranched alkanes of at least 4 members (excludes halogenated alkanes) is 5. The Morgan fingerprint density at radius 2 is 1.67 bits per heavy atom. The molecular formula is C18H31F2IN2O. The zero-order valence-corrected chi connectivity index (χ0v) is 17.5. The summed E-state index contributed by atoms with van der Waals surface area (Å²) in [6.45, 7) is 6.50. The van der Waals surface area contributed by atoms with Crippen LogP contribution >= 0.6 is 22.6 Å². The Kier molecular flexibility index (Phi) is 9.52. The van der Waals surface area contributed by atoms with E-state index in [0.717, 1.165) is 32.1 Å². The second kappa shape index (κ2) is 10.6. The Morgan fingerprint density at radius 1 is 1.08 bits per heavy atom. The standard InChI is InChI=1S/C18H31F2IN2O/c1-5-7-9-10-11-13-18(3,12-8-6-2)23-16(21)14(15(19)20)17(22-23)24-4/h15H,5-13H2,1-4H3. The van der Waals surface area contributed by atoms with Gasteiger partial charge in [-0.1, -0.05) is 58.8 Å². The van der Waals surface area contributed by atoms with Crippen molar-refractivity contribution in [3.8, 4) is 5.88 Å². The van der Waals surface area contributed by atoms with Crippen molar-refractivity contribution < 1.29 is 13.5 Å². The van der Waals surface area contributed by atoms with Crippen LogP contribution in [0.25, 0.3) is 0 Å². The van der Waals surface area contributed by atoms with E-state index in [4.69, 9.17) is 4.74 Å². The van der Waals surface area contributed by atoms with Crippen molar-refractivity contribution >= 4 is 22.6 Å². The highest BCUT2D eigenvalue weighted by atomic mass is 127. The summed E-state index contributed by atoms with van der Waals surface area (Å²) in [5, 5.41) is 4.40. The molecule has 1 heterocycles. The first-order valence-electron chi connectivity index (χ1n) is 9.02. The quantitative estimate of drug-likeness (QED) is 0.259. The van der Waals surface area contributed by atoms with E-state index < -0.39 is 6.43 Å². The Morgan fingerprint density at radius 3 is 2.17 bits per heavy atom. The lowest BCUT2D eigenvalue weighted by Gasteiger charge is -2.31. The van der Waals surface area contributed by atoms with E-state index in [9.17, 15) is 8.78 Å². The van der Waals surface area contributed by atoms with Crippen LogP contribution in [0, 0.1) is 3.70 Å². The molecule has 0 amide bonds. The van der Waals surface area contributed by atoms with Crippen molar-refractivity contribution in [2.75, 3.05) is 7.11 Å². The van der Waals surface area contributed by atoms with Crippen LogP contribution in [0.15, 0.2) is 0 Å². The molecule has 0 aliphatic rings. The van der Waals surface area contributed by atoms with Gasteiger partial charge in [-0.2, -0.15) is 0 Å². The molecule has 0 bridgehead atoms. The van der Waals surface area contributed by atoms with E-state index in [2.05, 4.69) is 25.9 Å². The monoisotopic (exact) mass is 456 g/mol. The van der Waals surface area contributed by atoms with E-state index >= 15 is 0 Å². The normalized spacial score (nSPS) is 14.2. The molecular weight excluding hydrogens is 425 g/mol. The Labute approximate surface area is 158 Å². The second-order valence-corrected chi connectivity index (χ2v) is 7.71. The minimum Gasteiger partial charge on any atom is -0.480 e. The molecule has 0 aliphatic heterocycles. The minimum atomic E-state index is -2.57. The summed E-state index contributed by atoms with van der Waals surface area (Å²) in [7, 11) is 1.41. The summed E-state index contributed by atoms with van der Waals surface area (Å²) in [5.74, 6) is 0.0584. The molecule has 0 spiro atoms. The number of ether oxygens (including phenoxy) is 1. The maximum Gasteiger partial charge on any atom is 0.271 e. The van der Waals surface area contributed by atoms with Crippen molar-refractivity contribution in [2.45, 2.75) is 90.5 Å². The second-order valence-electron chi connectivity index (χ2n) is 6.69. The smallest absolute Gasteiger partial charge is 0.271 e. The SMILES string of the molecule is CCCCCCCC(C)(CCCC)n1nc(OC)c(C(F)F)c1I. The third-order valence-electron chi connectivity index (χ3n) is 4.64. The number of hydrogen-bond donors (Lipinski definition) is 0. The lowest BCUT2D eigenvalue weighted by Crippen LogP contribution is -2.32. The average Bonchev–Trinajstić information content (AvgIpc) is 2.90. The first-order chi connectivity index (χ1) is 11.4. The summed E-state index contributed by atoms with van der Waals surface area (Å²) in [5.41, 5.74) is -0.314. The lowest BCUT2D eigenvalue weighted by molar-refractivity contribution is 0.145. The Balaban J connectivity index is 3.02. The summed E-state index contributed by atoms with van der Waals surface area (Å²) in [6.07, 6.45) is 7.49. The van der Waals surface area contributed by atoms with E-state index in [0.29, 0.717) is 3.70 Å². The highest BCUT2D eigenvalue weighted by Gasteiger charge is 2.33. The average molecular weight is 456 g/mol. The maximum absolute atomic E-state index is 13.4. The first-order valence-corrected chi connectivity index (χ1v) is 10.1. The van der Waals surface area contributed by atoms with E-state index in [1.807, 2.05) is 22.6 Å². The molecule has 3 nitrogen and oxygen atoms in total. The fourth-order valence-corrected chi connectivity index (χ4v) is 4.24. The van der Waals surface area contributed by atoms with Crippen LogP contribution in [0.4, 0.5) is 8.78 Å². The predicted octanol–water partition coefficient (Wildman–Crippen LogP) is 6.70. The zero-order chi connectivity index (χ0) is 18.2. The van der Waals surface area contributed by atoms with Gasteiger partial charge in [0.1, 0.15) is 9.26 Å². The summed E-state index contributed by atoms with van der Waals surface area (Å²) in [6, 6.07) is 0. The molecule has 0 fully saturated rings. The molecule has 0 aromatic carbocycles. The topological polar surface area (TPSA) is 27.1 Å². The summed E-state index contributed by atoms with van der Waals surface area (Å²) >= 11 is 1.99. The van der Waals surface area contributed by atoms with Crippen LogP contribution in [0.2, 0.25) is 0 Å². The van der Waals surface area contributed by atoms with Crippen molar-refractivity contribution in [3.05, 3.63) is 9.26 Å². The highest BCUT2D eigenvalue weighted by Crippen LogP contribution is 2.38. The van der Waals surface area contributed by atoms with Gasteiger partial charge in [0.05, 0.1) is 12.6 Å². The molecule has 140 valence electrons. The fourth-order valence-electron chi connectivity index (χ4n) is 3.09. The van der Waals surface area contributed by atoms with E-state index in [1.54, 1.807) is 4.68 Å². The molecule has 1 unspecified atom stereocenters. The number of halogens is 3. The fraction of sp³-hybridized carbons (Fsp3) is 0.833. The Bertz CT molecular complexity index is 494. The van der Waals surface area contributed by atoms with Gasteiger partial charge in [0.15, 0.2) is 0 Å². The Hall–Kier alpha value is -0.400. The molecule has 0 N–H and O–H groups in total. The molecule has 0 radical (unpaired) electrons. The molecule has 0 aliphatic carbocycles. The number of hydrogen-bond acceptors (Lipinski definition) is 2. The lowest BCUT2D eigenvalue weighted by atomic mass is 9.88. The third kappa shape index (κ3) is 5.56. The van der Waals surface area contributed by atoms with Crippen LogP contribution in [-0.4, -0.2) is 16.9 Å². The number of nitrogens with zero attached hydrogens (tertiary/aromatic N) is 2. The highest BCUT2D eigenvalue weighted by molar-refractivity contribution is 14.1. The van der Waals surface area contributed by atoms with Gasteiger partial charge >= 0.3 is 0 Å². The molecule has 6 heteroatoms. The van der Waals surface area contributed by atoms with E-state index in [1.165, 1.54) is 32.8 Å². The van der Waals surface area contributed by atoms with Gasteiger partial charge in [0.25, 0.3) is 6.43 Å². The number of alkyl halides is 2. The maximum atomic E-state index is 13.4. The molecule has 1 atom stereocenters. The molecule has 1 aromatic rings. The number of methoxy groups -OCH3 is 1. The van der Waals surface area contributed by atoms with Gasteiger partial charge in [-0.15, -0.1) is 5.10 Å². The van der Waals surface area contributed by atoms with Gasteiger partial charge in [0.2, 0.25) is 5.88 Å². The number of aromatic nitrogens is 2. The number of rotatable bonds is 12. The minimum absolute atomic E-state index is 0.0584.